The molecule has 0 unspecified atom stereocenters. The van der Waals surface area contributed by atoms with Gasteiger partial charge in [0.05, 0.1) is 13.2 Å². The van der Waals surface area contributed by atoms with E-state index in [1.807, 2.05) is 43.3 Å². The predicted molar refractivity (Wildman–Crippen MR) is 105 cm³/mol. The van der Waals surface area contributed by atoms with Crippen molar-refractivity contribution in [1.29, 1.82) is 0 Å². The van der Waals surface area contributed by atoms with Gasteiger partial charge in [0.25, 0.3) is 0 Å². The van der Waals surface area contributed by atoms with Crippen LogP contribution in [0.2, 0.25) is 0 Å². The Bertz CT molecular complexity index is 741. The molecule has 3 rings (SSSR count). The number of carbonyl (C=O) groups excluding carboxylic acids is 1. The Labute approximate surface area is 161 Å². The molecule has 0 amide bonds. The lowest BCUT2D eigenvalue weighted by molar-refractivity contribution is -0.233. The summed E-state index contributed by atoms with van der Waals surface area (Å²) in [5, 5.41) is 0. The lowest BCUT2D eigenvalue weighted by atomic mass is 9.92. The number of benzene rings is 2. The monoisotopic (exact) mass is 368 g/mol. The van der Waals surface area contributed by atoms with Crippen LogP contribution >= 0.6 is 0 Å². The third-order valence-corrected chi connectivity index (χ3v) is 4.93. The molecule has 0 N–H and O–H groups in total. The number of hydrogen-bond donors (Lipinski definition) is 0. The normalized spacial score (nSPS) is 22.4. The topological polar surface area (TPSA) is 44.8 Å². The fourth-order valence-corrected chi connectivity index (χ4v) is 3.07. The van der Waals surface area contributed by atoms with E-state index in [9.17, 15) is 4.79 Å². The van der Waals surface area contributed by atoms with Crippen molar-refractivity contribution >= 4 is 5.97 Å². The molecule has 27 heavy (non-hydrogen) atoms. The van der Waals surface area contributed by atoms with E-state index in [4.69, 9.17) is 14.2 Å². The summed E-state index contributed by atoms with van der Waals surface area (Å²) >= 11 is 0. The number of rotatable bonds is 6. The molecule has 0 spiro atoms. The fraction of sp³-hybridized carbons (Fsp3) is 0.435. The van der Waals surface area contributed by atoms with Gasteiger partial charge in [0, 0.05) is 5.56 Å². The number of aryl methyl sites for hydroxylation is 2. The van der Waals surface area contributed by atoms with Gasteiger partial charge in [-0.05, 0) is 43.0 Å². The van der Waals surface area contributed by atoms with Gasteiger partial charge in [-0.1, -0.05) is 56.7 Å². The van der Waals surface area contributed by atoms with E-state index in [2.05, 4.69) is 26.0 Å². The number of ether oxygens (including phenoxy) is 3. The largest absolute Gasteiger partial charge is 0.426 e. The van der Waals surface area contributed by atoms with Crippen molar-refractivity contribution in [1.82, 2.24) is 0 Å². The molecule has 144 valence electrons. The highest BCUT2D eigenvalue weighted by Crippen LogP contribution is 2.33. The lowest BCUT2D eigenvalue weighted by Crippen LogP contribution is -2.44. The molecule has 2 aromatic rings. The molecule has 1 aliphatic heterocycles. The summed E-state index contributed by atoms with van der Waals surface area (Å²) in [5.74, 6) is 0.218. The summed E-state index contributed by atoms with van der Waals surface area (Å²) in [4.78, 5) is 12.6. The Morgan fingerprint density at radius 1 is 1.00 bits per heavy atom. The van der Waals surface area contributed by atoms with Crippen LogP contribution in [0.5, 0.6) is 5.75 Å². The molecule has 1 aliphatic rings. The third kappa shape index (κ3) is 4.76. The van der Waals surface area contributed by atoms with Crippen molar-refractivity contribution in [2.24, 2.45) is 5.41 Å². The highest BCUT2D eigenvalue weighted by Gasteiger charge is 2.41. The average molecular weight is 368 g/mol. The number of esters is 1. The van der Waals surface area contributed by atoms with Crippen LogP contribution in [0.1, 0.15) is 50.2 Å². The molecule has 0 aliphatic carbocycles. The van der Waals surface area contributed by atoms with Crippen molar-refractivity contribution in [3.8, 4) is 5.75 Å². The van der Waals surface area contributed by atoms with Crippen molar-refractivity contribution in [2.45, 2.75) is 46.3 Å². The van der Waals surface area contributed by atoms with Gasteiger partial charge >= 0.3 is 5.97 Å². The van der Waals surface area contributed by atoms with Crippen molar-refractivity contribution in [3.63, 3.8) is 0 Å². The van der Waals surface area contributed by atoms with Crippen LogP contribution in [-0.2, 0) is 27.1 Å². The zero-order chi connectivity index (χ0) is 19.3. The maximum Gasteiger partial charge on any atom is 0.321 e. The van der Waals surface area contributed by atoms with Crippen LogP contribution in [-0.4, -0.2) is 19.2 Å². The first kappa shape index (κ1) is 19.6. The summed E-state index contributed by atoms with van der Waals surface area (Å²) in [5.41, 5.74) is 2.67. The van der Waals surface area contributed by atoms with Crippen LogP contribution in [0.15, 0.2) is 48.5 Å². The molecule has 4 nitrogen and oxygen atoms in total. The highest BCUT2D eigenvalue weighted by atomic mass is 16.7. The van der Waals surface area contributed by atoms with Gasteiger partial charge < -0.3 is 14.2 Å². The first-order chi connectivity index (χ1) is 13.0. The molecule has 0 saturated carbocycles. The quantitative estimate of drug-likeness (QED) is 0.540. The molecule has 1 fully saturated rings. The molecule has 4 heteroatoms. The second kappa shape index (κ2) is 8.68. The minimum absolute atomic E-state index is 0.264. The van der Waals surface area contributed by atoms with Gasteiger partial charge in [-0.3, -0.25) is 4.79 Å². The molecule has 0 bridgehead atoms. The Kier molecular flexibility index (Phi) is 6.30. The van der Waals surface area contributed by atoms with Crippen LogP contribution in [0.4, 0.5) is 0 Å². The molecule has 1 heterocycles. The minimum Gasteiger partial charge on any atom is -0.426 e. The summed E-state index contributed by atoms with van der Waals surface area (Å²) in [6.45, 7) is 6.60. The third-order valence-electron chi connectivity index (χ3n) is 4.93. The summed E-state index contributed by atoms with van der Waals surface area (Å²) in [6.07, 6.45) is 2.70. The molecular formula is C23H28O4. The van der Waals surface area contributed by atoms with Gasteiger partial charge in [0.1, 0.15) is 11.2 Å². The molecular weight excluding hydrogens is 340 g/mol. The van der Waals surface area contributed by atoms with E-state index in [1.165, 1.54) is 11.1 Å². The number of hydrogen-bond acceptors (Lipinski definition) is 4. The van der Waals surface area contributed by atoms with E-state index in [1.54, 1.807) is 0 Å². The summed E-state index contributed by atoms with van der Waals surface area (Å²) in [6, 6.07) is 15.9. The second-order valence-electron chi connectivity index (χ2n) is 7.39. The van der Waals surface area contributed by atoms with E-state index < -0.39 is 11.7 Å². The molecule has 1 saturated heterocycles. The number of carbonyl (C=O) groups is 1. The smallest absolute Gasteiger partial charge is 0.321 e. The van der Waals surface area contributed by atoms with E-state index in [0.29, 0.717) is 5.75 Å². The van der Waals surface area contributed by atoms with Crippen LogP contribution in [0.3, 0.4) is 0 Å². The minimum atomic E-state index is -0.817. The van der Waals surface area contributed by atoms with Gasteiger partial charge in [0.2, 0.25) is 0 Å². The molecule has 0 aromatic heterocycles. The van der Waals surface area contributed by atoms with Gasteiger partial charge in [-0.15, -0.1) is 0 Å². The Balaban J connectivity index is 1.58. The average Bonchev–Trinajstić information content (AvgIpc) is 2.70. The van der Waals surface area contributed by atoms with Crippen molar-refractivity contribution in [3.05, 3.63) is 65.2 Å². The molecule has 0 radical (unpaired) electrons. The lowest BCUT2D eigenvalue weighted by Gasteiger charge is -2.35. The van der Waals surface area contributed by atoms with E-state index in [-0.39, 0.29) is 19.2 Å². The van der Waals surface area contributed by atoms with Crippen molar-refractivity contribution < 1.29 is 19.0 Å². The highest BCUT2D eigenvalue weighted by molar-refractivity contribution is 5.79. The maximum atomic E-state index is 12.6. The SMILES string of the molecule is CCCc1ccc(C2OCC(C)(C(=O)Oc3ccc(CC)cc3)CO2)cc1. The second-order valence-corrected chi connectivity index (χ2v) is 7.39. The van der Waals surface area contributed by atoms with Gasteiger partial charge in [-0.2, -0.15) is 0 Å². The zero-order valence-electron chi connectivity index (χ0n) is 16.4. The molecule has 2 aromatic carbocycles. The van der Waals surface area contributed by atoms with E-state index in [0.717, 1.165) is 24.8 Å². The van der Waals surface area contributed by atoms with Crippen LogP contribution < -0.4 is 4.74 Å². The Hall–Kier alpha value is -2.17. The predicted octanol–water partition coefficient (Wildman–Crippen LogP) is 4.86. The summed E-state index contributed by atoms with van der Waals surface area (Å²) in [7, 11) is 0. The first-order valence-electron chi connectivity index (χ1n) is 9.67. The van der Waals surface area contributed by atoms with Crippen molar-refractivity contribution in [2.75, 3.05) is 13.2 Å². The van der Waals surface area contributed by atoms with Crippen LogP contribution in [0, 0.1) is 5.41 Å². The Morgan fingerprint density at radius 3 is 2.15 bits per heavy atom. The summed E-state index contributed by atoms with van der Waals surface area (Å²) < 4.78 is 17.2. The molecule has 0 atom stereocenters. The van der Waals surface area contributed by atoms with Gasteiger partial charge in [-0.25, -0.2) is 0 Å². The maximum absolute atomic E-state index is 12.6. The zero-order valence-corrected chi connectivity index (χ0v) is 16.4. The fourth-order valence-electron chi connectivity index (χ4n) is 3.07. The van der Waals surface area contributed by atoms with E-state index >= 15 is 0 Å². The Morgan fingerprint density at radius 2 is 1.59 bits per heavy atom. The first-order valence-corrected chi connectivity index (χ1v) is 9.67. The van der Waals surface area contributed by atoms with Crippen LogP contribution in [0.25, 0.3) is 0 Å². The standard InChI is InChI=1S/C23H28O4/c1-4-6-18-7-11-19(12-8-18)21-25-15-23(3,16-26-21)22(24)27-20-13-9-17(5-2)10-14-20/h7-14,21H,4-6,15-16H2,1-3H3. The van der Waals surface area contributed by atoms with Gasteiger partial charge in [0.15, 0.2) is 6.29 Å².